The Morgan fingerprint density at radius 2 is 1.86 bits per heavy atom. The summed E-state index contributed by atoms with van der Waals surface area (Å²) in [6.07, 6.45) is 0.526. The van der Waals surface area contributed by atoms with Crippen LogP contribution < -0.4 is 14.8 Å². The number of carbonyl (C=O) groups excluding carboxylic acids is 1. The standard InChI is InChI=1S/C19H15BrClN3O4/c20-13-9-15-16(27-8-7-26-15)10-14(13)22-17(25)5-6-18-23-19(24-28-18)11-1-3-12(21)4-2-11/h1-4,9-10H,5-8H2,(H,22,25). The number of hydrogen-bond acceptors (Lipinski definition) is 6. The molecular formula is C19H15BrClN3O4. The molecule has 0 aliphatic carbocycles. The molecule has 0 radical (unpaired) electrons. The molecule has 1 aromatic heterocycles. The van der Waals surface area contributed by atoms with Crippen molar-refractivity contribution in [2.45, 2.75) is 12.8 Å². The van der Waals surface area contributed by atoms with Gasteiger partial charge in [0.05, 0.1) is 5.69 Å². The van der Waals surface area contributed by atoms with Gasteiger partial charge < -0.3 is 19.3 Å². The first-order chi connectivity index (χ1) is 13.6. The maximum Gasteiger partial charge on any atom is 0.227 e. The molecule has 1 amide bonds. The number of nitrogens with zero attached hydrogens (tertiary/aromatic N) is 2. The summed E-state index contributed by atoms with van der Waals surface area (Å²) in [7, 11) is 0. The minimum atomic E-state index is -0.177. The molecule has 1 N–H and O–H groups in total. The second-order valence-corrected chi connectivity index (χ2v) is 7.33. The van der Waals surface area contributed by atoms with E-state index in [1.807, 2.05) is 12.1 Å². The van der Waals surface area contributed by atoms with Gasteiger partial charge in [0.15, 0.2) is 11.5 Å². The Hall–Kier alpha value is -2.58. The van der Waals surface area contributed by atoms with Gasteiger partial charge in [-0.25, -0.2) is 0 Å². The van der Waals surface area contributed by atoms with Gasteiger partial charge in [0.2, 0.25) is 17.6 Å². The van der Waals surface area contributed by atoms with E-state index in [0.717, 1.165) is 5.56 Å². The number of hydrogen-bond donors (Lipinski definition) is 1. The van der Waals surface area contributed by atoms with E-state index in [1.54, 1.807) is 24.3 Å². The fraction of sp³-hybridized carbons (Fsp3) is 0.211. The summed E-state index contributed by atoms with van der Waals surface area (Å²) < 4.78 is 17.0. The van der Waals surface area contributed by atoms with Crippen molar-refractivity contribution in [1.82, 2.24) is 10.1 Å². The van der Waals surface area contributed by atoms with Crippen LogP contribution in [0.5, 0.6) is 11.5 Å². The zero-order valence-electron chi connectivity index (χ0n) is 14.6. The highest BCUT2D eigenvalue weighted by atomic mass is 79.9. The second-order valence-electron chi connectivity index (χ2n) is 6.04. The summed E-state index contributed by atoms with van der Waals surface area (Å²) in [5, 5.41) is 7.42. The molecule has 2 heterocycles. The van der Waals surface area contributed by atoms with Gasteiger partial charge >= 0.3 is 0 Å². The highest BCUT2D eigenvalue weighted by molar-refractivity contribution is 9.10. The fourth-order valence-electron chi connectivity index (χ4n) is 2.67. The van der Waals surface area contributed by atoms with E-state index in [0.29, 0.717) is 58.0 Å². The summed E-state index contributed by atoms with van der Waals surface area (Å²) in [5.41, 5.74) is 1.41. The molecule has 9 heteroatoms. The number of amides is 1. The smallest absolute Gasteiger partial charge is 0.227 e. The van der Waals surface area contributed by atoms with Crippen molar-refractivity contribution in [2.75, 3.05) is 18.5 Å². The minimum absolute atomic E-state index is 0.177. The Labute approximate surface area is 174 Å². The number of ether oxygens (including phenoxy) is 2. The van der Waals surface area contributed by atoms with Crippen LogP contribution in [0.1, 0.15) is 12.3 Å². The summed E-state index contributed by atoms with van der Waals surface area (Å²) in [5.74, 6) is 1.93. The summed E-state index contributed by atoms with van der Waals surface area (Å²) in [6, 6.07) is 10.6. The van der Waals surface area contributed by atoms with Crippen molar-refractivity contribution in [3.8, 4) is 22.9 Å². The van der Waals surface area contributed by atoms with Crippen molar-refractivity contribution in [2.24, 2.45) is 0 Å². The number of anilines is 1. The zero-order chi connectivity index (χ0) is 19.5. The molecule has 0 fully saturated rings. The molecule has 1 aliphatic heterocycles. The van der Waals surface area contributed by atoms with Crippen LogP contribution >= 0.6 is 27.5 Å². The summed E-state index contributed by atoms with van der Waals surface area (Å²) >= 11 is 9.31. The Kier molecular flexibility index (Phi) is 5.50. The molecule has 144 valence electrons. The molecular weight excluding hydrogens is 450 g/mol. The first-order valence-corrected chi connectivity index (χ1v) is 9.73. The Bertz CT molecular complexity index is 1010. The molecule has 2 aromatic carbocycles. The highest BCUT2D eigenvalue weighted by Crippen LogP contribution is 2.38. The third-order valence-corrected chi connectivity index (χ3v) is 4.95. The predicted molar refractivity (Wildman–Crippen MR) is 107 cm³/mol. The monoisotopic (exact) mass is 463 g/mol. The van der Waals surface area contributed by atoms with Gasteiger partial charge in [-0.2, -0.15) is 4.98 Å². The SMILES string of the molecule is O=C(CCc1nc(-c2ccc(Cl)cc2)no1)Nc1cc2c(cc1Br)OCCO2. The van der Waals surface area contributed by atoms with Gasteiger partial charge in [0, 0.05) is 40.0 Å². The van der Waals surface area contributed by atoms with Gasteiger partial charge in [-0.05, 0) is 40.2 Å². The number of carbonyl (C=O) groups is 1. The molecule has 7 nitrogen and oxygen atoms in total. The van der Waals surface area contributed by atoms with Crippen LogP contribution in [0.4, 0.5) is 5.69 Å². The second kappa shape index (κ2) is 8.20. The predicted octanol–water partition coefficient (Wildman–Crippen LogP) is 4.50. The summed E-state index contributed by atoms with van der Waals surface area (Å²) in [4.78, 5) is 16.6. The van der Waals surface area contributed by atoms with Crippen molar-refractivity contribution in [3.63, 3.8) is 0 Å². The minimum Gasteiger partial charge on any atom is -0.486 e. The molecule has 4 rings (SSSR count). The van der Waals surface area contributed by atoms with Crippen molar-refractivity contribution in [1.29, 1.82) is 0 Å². The Morgan fingerprint density at radius 1 is 1.14 bits per heavy atom. The average Bonchev–Trinajstić information content (AvgIpc) is 3.16. The number of aromatic nitrogens is 2. The Balaban J connectivity index is 1.37. The van der Waals surface area contributed by atoms with E-state index < -0.39 is 0 Å². The molecule has 0 spiro atoms. The van der Waals surface area contributed by atoms with Crippen LogP contribution in [-0.2, 0) is 11.2 Å². The van der Waals surface area contributed by atoms with Gasteiger partial charge in [0.1, 0.15) is 13.2 Å². The van der Waals surface area contributed by atoms with Crippen LogP contribution in [0.25, 0.3) is 11.4 Å². The maximum absolute atomic E-state index is 12.3. The van der Waals surface area contributed by atoms with Crippen LogP contribution in [0.3, 0.4) is 0 Å². The van der Waals surface area contributed by atoms with E-state index in [1.165, 1.54) is 0 Å². The lowest BCUT2D eigenvalue weighted by Gasteiger charge is -2.20. The van der Waals surface area contributed by atoms with Gasteiger partial charge in [0.25, 0.3) is 0 Å². The van der Waals surface area contributed by atoms with E-state index in [4.69, 9.17) is 25.6 Å². The first-order valence-electron chi connectivity index (χ1n) is 8.56. The molecule has 1 aliphatic rings. The number of nitrogens with one attached hydrogen (secondary N) is 1. The molecule has 0 atom stereocenters. The lowest BCUT2D eigenvalue weighted by Crippen LogP contribution is -2.17. The van der Waals surface area contributed by atoms with E-state index in [-0.39, 0.29) is 12.3 Å². The third-order valence-electron chi connectivity index (χ3n) is 4.04. The number of aryl methyl sites for hydroxylation is 1. The maximum atomic E-state index is 12.3. The first kappa shape index (κ1) is 18.8. The van der Waals surface area contributed by atoms with Crippen LogP contribution in [0.2, 0.25) is 5.02 Å². The molecule has 0 saturated carbocycles. The molecule has 28 heavy (non-hydrogen) atoms. The Morgan fingerprint density at radius 3 is 2.61 bits per heavy atom. The lowest BCUT2D eigenvalue weighted by molar-refractivity contribution is -0.116. The highest BCUT2D eigenvalue weighted by Gasteiger charge is 2.17. The lowest BCUT2D eigenvalue weighted by atomic mass is 10.2. The van der Waals surface area contributed by atoms with E-state index >= 15 is 0 Å². The number of rotatable bonds is 5. The quantitative estimate of drug-likeness (QED) is 0.598. The average molecular weight is 465 g/mol. The number of fused-ring (bicyclic) bond motifs is 1. The number of benzene rings is 2. The largest absolute Gasteiger partial charge is 0.486 e. The van der Waals surface area contributed by atoms with Gasteiger partial charge in [-0.3, -0.25) is 4.79 Å². The van der Waals surface area contributed by atoms with Crippen LogP contribution in [0.15, 0.2) is 45.4 Å². The molecule has 0 unspecified atom stereocenters. The molecule has 0 bridgehead atoms. The topological polar surface area (TPSA) is 86.5 Å². The number of halogens is 2. The van der Waals surface area contributed by atoms with Crippen molar-refractivity contribution in [3.05, 3.63) is 51.8 Å². The normalized spacial score (nSPS) is 12.6. The molecule has 3 aromatic rings. The van der Waals surface area contributed by atoms with E-state index in [2.05, 4.69) is 31.4 Å². The summed E-state index contributed by atoms with van der Waals surface area (Å²) in [6.45, 7) is 0.989. The third kappa shape index (κ3) is 4.28. The fourth-order valence-corrected chi connectivity index (χ4v) is 3.21. The van der Waals surface area contributed by atoms with Crippen LogP contribution in [-0.4, -0.2) is 29.3 Å². The van der Waals surface area contributed by atoms with Gasteiger partial charge in [-0.1, -0.05) is 16.8 Å². The van der Waals surface area contributed by atoms with Gasteiger partial charge in [-0.15, -0.1) is 0 Å². The zero-order valence-corrected chi connectivity index (χ0v) is 16.9. The van der Waals surface area contributed by atoms with Crippen molar-refractivity contribution < 1.29 is 18.8 Å². The van der Waals surface area contributed by atoms with E-state index in [9.17, 15) is 4.79 Å². The molecule has 0 saturated heterocycles. The van der Waals surface area contributed by atoms with Crippen molar-refractivity contribution >= 4 is 39.1 Å². The van der Waals surface area contributed by atoms with Crippen LogP contribution in [0, 0.1) is 0 Å².